The van der Waals surface area contributed by atoms with Gasteiger partial charge in [0.1, 0.15) is 0 Å². The number of hydrogen-bond acceptors (Lipinski definition) is 5. The minimum Gasteiger partial charge on any atom is -0.354 e. The van der Waals surface area contributed by atoms with Gasteiger partial charge in [0.2, 0.25) is 5.91 Å². The Morgan fingerprint density at radius 3 is 2.65 bits per heavy atom. The van der Waals surface area contributed by atoms with Crippen LogP contribution in [0.25, 0.3) is 0 Å². The molecule has 26 heavy (non-hydrogen) atoms. The van der Waals surface area contributed by atoms with Gasteiger partial charge in [-0.25, -0.2) is 4.79 Å². The molecule has 1 aromatic rings. The fourth-order valence-electron chi connectivity index (χ4n) is 3.03. The number of carbonyl (C=O) groups excluding carboxylic acids is 2. The second kappa shape index (κ2) is 10.1. The highest BCUT2D eigenvalue weighted by molar-refractivity contribution is 14.0. The van der Waals surface area contributed by atoms with Crippen LogP contribution < -0.4 is 10.6 Å². The smallest absolute Gasteiger partial charge is 0.324 e. The van der Waals surface area contributed by atoms with Gasteiger partial charge >= 0.3 is 6.03 Å². The van der Waals surface area contributed by atoms with Crippen molar-refractivity contribution in [3.05, 3.63) is 22.4 Å². The number of urea groups is 1. The van der Waals surface area contributed by atoms with Crippen LogP contribution in [0.2, 0.25) is 0 Å². The fourth-order valence-corrected chi connectivity index (χ4v) is 3.78. The average Bonchev–Trinajstić information content (AvgIpc) is 3.24. The summed E-state index contributed by atoms with van der Waals surface area (Å²) < 4.78 is 0. The maximum Gasteiger partial charge on any atom is 0.324 e. The van der Waals surface area contributed by atoms with Crippen molar-refractivity contribution in [2.24, 2.45) is 4.99 Å². The molecule has 2 aliphatic heterocycles. The average molecular weight is 492 g/mol. The van der Waals surface area contributed by atoms with Crippen molar-refractivity contribution in [3.63, 3.8) is 0 Å². The normalized spacial score (nSPS) is 18.7. The molecule has 1 aromatic heterocycles. The highest BCUT2D eigenvalue weighted by atomic mass is 127. The molecule has 0 saturated carbocycles. The van der Waals surface area contributed by atoms with Crippen LogP contribution in [-0.2, 0) is 11.3 Å². The molecule has 0 bridgehead atoms. The zero-order chi connectivity index (χ0) is 17.6. The summed E-state index contributed by atoms with van der Waals surface area (Å²) in [6.45, 7) is 5.76. The molecule has 2 saturated heterocycles. The van der Waals surface area contributed by atoms with Crippen LogP contribution in [0.3, 0.4) is 0 Å². The summed E-state index contributed by atoms with van der Waals surface area (Å²) in [6.07, 6.45) is 0. The van der Waals surface area contributed by atoms with Gasteiger partial charge in [-0.05, 0) is 11.4 Å². The number of amides is 3. The third kappa shape index (κ3) is 5.30. The number of aliphatic imine (C=N–C) groups is 1. The zero-order valence-corrected chi connectivity index (χ0v) is 18.0. The lowest BCUT2D eigenvalue weighted by atomic mass is 10.3. The molecular weight excluding hydrogens is 467 g/mol. The summed E-state index contributed by atoms with van der Waals surface area (Å²) in [5, 5.41) is 7.89. The summed E-state index contributed by atoms with van der Waals surface area (Å²) >= 11 is 1.80. The van der Waals surface area contributed by atoms with Gasteiger partial charge in [0, 0.05) is 57.7 Å². The molecule has 144 valence electrons. The Labute approximate surface area is 174 Å². The first-order valence-corrected chi connectivity index (χ1v) is 9.34. The van der Waals surface area contributed by atoms with E-state index in [9.17, 15) is 9.59 Å². The first-order valence-electron chi connectivity index (χ1n) is 8.46. The molecule has 3 heterocycles. The van der Waals surface area contributed by atoms with Crippen LogP contribution in [-0.4, -0.2) is 85.5 Å². The zero-order valence-electron chi connectivity index (χ0n) is 14.8. The number of piperazine rings is 1. The summed E-state index contributed by atoms with van der Waals surface area (Å²) in [5.41, 5.74) is 0. The molecule has 0 aromatic carbocycles. The van der Waals surface area contributed by atoms with Crippen LogP contribution in [0.15, 0.2) is 22.5 Å². The number of thiophene rings is 1. The van der Waals surface area contributed by atoms with Crippen molar-refractivity contribution in [3.8, 4) is 0 Å². The van der Waals surface area contributed by atoms with Gasteiger partial charge in [-0.3, -0.25) is 19.6 Å². The minimum absolute atomic E-state index is 0. The largest absolute Gasteiger partial charge is 0.354 e. The summed E-state index contributed by atoms with van der Waals surface area (Å²) in [6, 6.07) is 3.95. The Kier molecular flexibility index (Phi) is 8.10. The summed E-state index contributed by atoms with van der Waals surface area (Å²) in [4.78, 5) is 34.7. The molecule has 2 aliphatic rings. The minimum atomic E-state index is -0.316. The number of halogens is 1. The number of nitrogens with one attached hydrogen (secondary N) is 2. The van der Waals surface area contributed by atoms with Gasteiger partial charge in [-0.15, -0.1) is 35.3 Å². The molecule has 10 heteroatoms. The van der Waals surface area contributed by atoms with E-state index >= 15 is 0 Å². The molecule has 2 N–H and O–H groups in total. The van der Waals surface area contributed by atoms with E-state index in [1.165, 1.54) is 9.78 Å². The summed E-state index contributed by atoms with van der Waals surface area (Å²) in [5.74, 6) is 0.645. The predicted octanol–water partition coefficient (Wildman–Crippen LogP) is 0.611. The lowest BCUT2D eigenvalue weighted by molar-refractivity contribution is -0.124. The van der Waals surface area contributed by atoms with Crippen molar-refractivity contribution < 1.29 is 9.59 Å². The van der Waals surface area contributed by atoms with Crippen molar-refractivity contribution in [2.45, 2.75) is 6.54 Å². The highest BCUT2D eigenvalue weighted by Crippen LogP contribution is 2.13. The molecule has 0 spiro atoms. The Bertz CT molecular complexity index is 615. The van der Waals surface area contributed by atoms with E-state index < -0.39 is 0 Å². The van der Waals surface area contributed by atoms with Gasteiger partial charge in [0.15, 0.2) is 5.96 Å². The number of nitrogens with zero attached hydrogens (tertiary/aromatic N) is 4. The molecule has 0 aliphatic carbocycles. The van der Waals surface area contributed by atoms with Gasteiger partial charge in [0.05, 0.1) is 6.54 Å². The monoisotopic (exact) mass is 492 g/mol. The van der Waals surface area contributed by atoms with Crippen LogP contribution in [0.1, 0.15) is 4.88 Å². The van der Waals surface area contributed by atoms with E-state index in [4.69, 9.17) is 0 Å². The molecule has 8 nitrogen and oxygen atoms in total. The molecule has 0 radical (unpaired) electrons. The van der Waals surface area contributed by atoms with Crippen LogP contribution >= 0.6 is 35.3 Å². The standard InChI is InChI=1S/C16H24N6O2S.HI/c1-17-15(18-4-5-22-14(23)11-19-16(22)24)21-8-6-20(7-9-21)12-13-3-2-10-25-13;/h2-3,10H,4-9,11-12H2,1H3,(H,17,18)(H,19,24);1H. The van der Waals surface area contributed by atoms with E-state index in [0.29, 0.717) is 13.1 Å². The lowest BCUT2D eigenvalue weighted by Crippen LogP contribution is -2.53. The molecule has 3 amide bonds. The van der Waals surface area contributed by atoms with E-state index in [-0.39, 0.29) is 42.5 Å². The second-order valence-electron chi connectivity index (χ2n) is 6.02. The van der Waals surface area contributed by atoms with E-state index in [1.807, 2.05) is 0 Å². The number of hydrogen-bond donors (Lipinski definition) is 2. The maximum atomic E-state index is 11.6. The van der Waals surface area contributed by atoms with Crippen molar-refractivity contribution >= 4 is 53.2 Å². The molecule has 2 fully saturated rings. The predicted molar refractivity (Wildman–Crippen MR) is 113 cm³/mol. The number of rotatable bonds is 5. The van der Waals surface area contributed by atoms with Crippen LogP contribution in [0.5, 0.6) is 0 Å². The van der Waals surface area contributed by atoms with Gasteiger partial charge in [-0.2, -0.15) is 0 Å². The topological polar surface area (TPSA) is 80.3 Å². The third-order valence-electron chi connectivity index (χ3n) is 4.40. The molecule has 3 rings (SSSR count). The first kappa shape index (κ1) is 20.9. The molecule has 0 atom stereocenters. The van der Waals surface area contributed by atoms with E-state index in [1.54, 1.807) is 18.4 Å². The highest BCUT2D eigenvalue weighted by Gasteiger charge is 2.28. The van der Waals surface area contributed by atoms with Crippen molar-refractivity contribution in [2.75, 3.05) is 52.9 Å². The fraction of sp³-hybridized carbons (Fsp3) is 0.562. The van der Waals surface area contributed by atoms with Gasteiger partial charge < -0.3 is 15.5 Å². The number of imide groups is 1. The van der Waals surface area contributed by atoms with E-state index in [0.717, 1.165) is 38.7 Å². The SMILES string of the molecule is CN=C(NCCN1C(=O)CNC1=O)N1CCN(Cc2cccs2)CC1.I. The first-order chi connectivity index (χ1) is 12.2. The molecular formula is C16H25IN6O2S. The Balaban J connectivity index is 0.00000243. The second-order valence-corrected chi connectivity index (χ2v) is 7.05. The van der Waals surface area contributed by atoms with Crippen molar-refractivity contribution in [1.82, 2.24) is 25.3 Å². The quantitative estimate of drug-likeness (QED) is 0.273. The Morgan fingerprint density at radius 2 is 2.08 bits per heavy atom. The Hall–Kier alpha value is -1.40. The molecule has 0 unspecified atom stereocenters. The maximum absolute atomic E-state index is 11.6. The van der Waals surface area contributed by atoms with Crippen LogP contribution in [0.4, 0.5) is 4.79 Å². The number of carbonyl (C=O) groups is 2. The number of guanidine groups is 1. The van der Waals surface area contributed by atoms with E-state index in [2.05, 4.69) is 42.9 Å². The van der Waals surface area contributed by atoms with Gasteiger partial charge in [-0.1, -0.05) is 6.07 Å². The third-order valence-corrected chi connectivity index (χ3v) is 5.26. The van der Waals surface area contributed by atoms with Crippen LogP contribution in [0, 0.1) is 0 Å². The Morgan fingerprint density at radius 1 is 1.31 bits per heavy atom. The van der Waals surface area contributed by atoms with Crippen molar-refractivity contribution in [1.29, 1.82) is 0 Å². The van der Waals surface area contributed by atoms with Gasteiger partial charge in [0.25, 0.3) is 0 Å². The summed E-state index contributed by atoms with van der Waals surface area (Å²) in [7, 11) is 1.76. The lowest BCUT2D eigenvalue weighted by Gasteiger charge is -2.36.